The summed E-state index contributed by atoms with van der Waals surface area (Å²) in [6, 6.07) is 0. The van der Waals surface area contributed by atoms with E-state index < -0.39 is 0 Å². The molecule has 0 spiro atoms. The van der Waals surface area contributed by atoms with Crippen LogP contribution in [0, 0.1) is 0 Å². The number of hydrogen-bond donors (Lipinski definition) is 1. The molecule has 0 amide bonds. The monoisotopic (exact) mass is 172 g/mol. The van der Waals surface area contributed by atoms with Crippen molar-refractivity contribution in [2.24, 2.45) is 0 Å². The first-order valence-corrected chi connectivity index (χ1v) is 4.81. The van der Waals surface area contributed by atoms with Crippen LogP contribution in [0.5, 0.6) is 0 Å². The van der Waals surface area contributed by atoms with Gasteiger partial charge >= 0.3 is 0 Å². The molecule has 0 rings (SSSR count). The lowest BCUT2D eigenvalue weighted by Crippen LogP contribution is -2.36. The smallest absolute Gasteiger partial charge is 0.00965 e. The van der Waals surface area contributed by atoms with Crippen LogP contribution in [0.2, 0.25) is 0 Å². The molecule has 0 aliphatic carbocycles. The average Bonchev–Trinajstić information content (AvgIpc) is 1.83. The minimum Gasteiger partial charge on any atom is -0.312 e. The maximum atomic E-state index is 3.48. The molecule has 0 heterocycles. The van der Waals surface area contributed by atoms with Crippen LogP contribution in [-0.4, -0.2) is 37.6 Å². The first-order chi connectivity index (χ1) is 5.42. The Balaban J connectivity index is 3.12. The predicted molar refractivity (Wildman–Crippen MR) is 55.5 cm³/mol. The van der Waals surface area contributed by atoms with Gasteiger partial charge in [0.05, 0.1) is 0 Å². The summed E-state index contributed by atoms with van der Waals surface area (Å²) in [4.78, 5) is 2.23. The third-order valence-electron chi connectivity index (χ3n) is 1.69. The van der Waals surface area contributed by atoms with E-state index in [0.29, 0.717) is 0 Å². The molecule has 0 fully saturated rings. The third-order valence-corrected chi connectivity index (χ3v) is 1.69. The fourth-order valence-corrected chi connectivity index (χ4v) is 1.02. The van der Waals surface area contributed by atoms with Gasteiger partial charge in [-0.15, -0.1) is 0 Å². The molecule has 0 bridgehead atoms. The molecule has 0 aromatic rings. The van der Waals surface area contributed by atoms with Crippen molar-refractivity contribution in [1.82, 2.24) is 10.2 Å². The average molecular weight is 172 g/mol. The van der Waals surface area contributed by atoms with Gasteiger partial charge in [-0.3, -0.25) is 0 Å². The van der Waals surface area contributed by atoms with E-state index in [1.54, 1.807) is 0 Å². The topological polar surface area (TPSA) is 15.3 Å². The largest absolute Gasteiger partial charge is 0.312 e. The highest BCUT2D eigenvalue weighted by Crippen LogP contribution is 1.99. The van der Waals surface area contributed by atoms with Crippen molar-refractivity contribution in [1.29, 1.82) is 0 Å². The van der Waals surface area contributed by atoms with E-state index in [0.717, 1.165) is 6.54 Å². The first-order valence-electron chi connectivity index (χ1n) is 4.81. The lowest BCUT2D eigenvalue weighted by atomic mass is 10.1. The molecule has 0 unspecified atom stereocenters. The molecule has 0 aromatic heterocycles. The second-order valence-electron chi connectivity index (χ2n) is 4.69. The lowest BCUT2D eigenvalue weighted by molar-refractivity contribution is 0.374. The van der Waals surface area contributed by atoms with Crippen LogP contribution in [0.3, 0.4) is 0 Å². The van der Waals surface area contributed by atoms with E-state index in [1.807, 2.05) is 0 Å². The molecular formula is C10H24N2. The molecule has 0 aromatic carbocycles. The highest BCUT2D eigenvalue weighted by Gasteiger charge is 2.06. The second-order valence-corrected chi connectivity index (χ2v) is 4.69. The van der Waals surface area contributed by atoms with E-state index in [2.05, 4.69) is 45.1 Å². The maximum Gasteiger partial charge on any atom is 0.00965 e. The minimum absolute atomic E-state index is 0.276. The van der Waals surface area contributed by atoms with Gasteiger partial charge in [-0.25, -0.2) is 0 Å². The number of hydrogen-bond acceptors (Lipinski definition) is 2. The van der Waals surface area contributed by atoms with Gasteiger partial charge in [0, 0.05) is 5.54 Å². The Morgan fingerprint density at radius 1 is 1.08 bits per heavy atom. The molecule has 2 heteroatoms. The molecule has 0 saturated heterocycles. The van der Waals surface area contributed by atoms with Gasteiger partial charge in [-0.05, 0) is 60.8 Å². The maximum absolute atomic E-state index is 3.48. The molecule has 2 nitrogen and oxygen atoms in total. The molecular weight excluding hydrogens is 148 g/mol. The molecule has 0 aliphatic heterocycles. The van der Waals surface area contributed by atoms with Crippen LogP contribution >= 0.6 is 0 Å². The lowest BCUT2D eigenvalue weighted by Gasteiger charge is -2.20. The quantitative estimate of drug-likeness (QED) is 0.635. The summed E-state index contributed by atoms with van der Waals surface area (Å²) >= 11 is 0. The molecule has 0 aliphatic rings. The van der Waals surface area contributed by atoms with E-state index in [4.69, 9.17) is 0 Å². The fourth-order valence-electron chi connectivity index (χ4n) is 1.02. The summed E-state index contributed by atoms with van der Waals surface area (Å²) in [5.41, 5.74) is 0.276. The number of rotatable bonds is 5. The van der Waals surface area contributed by atoms with Crippen molar-refractivity contribution >= 4 is 0 Å². The predicted octanol–water partition coefficient (Wildman–Crippen LogP) is 1.72. The van der Waals surface area contributed by atoms with E-state index in [-0.39, 0.29) is 5.54 Å². The van der Waals surface area contributed by atoms with Crippen molar-refractivity contribution in [3.63, 3.8) is 0 Å². The molecule has 0 radical (unpaired) electrons. The van der Waals surface area contributed by atoms with Crippen LogP contribution in [0.1, 0.15) is 33.6 Å². The molecule has 0 atom stereocenters. The van der Waals surface area contributed by atoms with Gasteiger partial charge in [-0.2, -0.15) is 0 Å². The van der Waals surface area contributed by atoms with Crippen LogP contribution in [-0.2, 0) is 0 Å². The van der Waals surface area contributed by atoms with Gasteiger partial charge in [0.2, 0.25) is 0 Å². The number of nitrogens with one attached hydrogen (secondary N) is 1. The van der Waals surface area contributed by atoms with Gasteiger partial charge in [0.1, 0.15) is 0 Å². The second kappa shape index (κ2) is 5.55. The zero-order chi connectivity index (χ0) is 9.61. The van der Waals surface area contributed by atoms with Crippen LogP contribution in [0.25, 0.3) is 0 Å². The Bertz CT molecular complexity index is 103. The Morgan fingerprint density at radius 3 is 2.08 bits per heavy atom. The third kappa shape index (κ3) is 9.92. The van der Waals surface area contributed by atoms with Gasteiger partial charge in [0.25, 0.3) is 0 Å². The fraction of sp³-hybridized carbons (Fsp3) is 1.00. The van der Waals surface area contributed by atoms with E-state index in [9.17, 15) is 0 Å². The van der Waals surface area contributed by atoms with Crippen molar-refractivity contribution in [2.75, 3.05) is 27.2 Å². The summed E-state index contributed by atoms with van der Waals surface area (Å²) in [5, 5.41) is 3.48. The summed E-state index contributed by atoms with van der Waals surface area (Å²) in [6.07, 6.45) is 2.56. The molecule has 12 heavy (non-hydrogen) atoms. The van der Waals surface area contributed by atoms with E-state index >= 15 is 0 Å². The molecule has 74 valence electrons. The number of nitrogens with zero attached hydrogens (tertiary/aromatic N) is 1. The first kappa shape index (κ1) is 11.9. The van der Waals surface area contributed by atoms with Gasteiger partial charge < -0.3 is 10.2 Å². The van der Waals surface area contributed by atoms with Crippen LogP contribution < -0.4 is 5.32 Å². The number of unbranched alkanes of at least 4 members (excludes halogenated alkanes) is 1. The highest BCUT2D eigenvalue weighted by molar-refractivity contribution is 4.69. The Hall–Kier alpha value is -0.0800. The van der Waals surface area contributed by atoms with Crippen molar-refractivity contribution < 1.29 is 0 Å². The summed E-state index contributed by atoms with van der Waals surface area (Å²) in [5.74, 6) is 0. The van der Waals surface area contributed by atoms with Gasteiger partial charge in [0.15, 0.2) is 0 Å². The highest BCUT2D eigenvalue weighted by atomic mass is 15.0. The van der Waals surface area contributed by atoms with Crippen LogP contribution in [0.4, 0.5) is 0 Å². The van der Waals surface area contributed by atoms with E-state index in [1.165, 1.54) is 19.4 Å². The minimum atomic E-state index is 0.276. The Morgan fingerprint density at radius 2 is 1.67 bits per heavy atom. The standard InChI is InChI=1S/C10H24N2/c1-10(2,3)11-8-6-7-9-12(4)5/h11H,6-9H2,1-5H3. The zero-order valence-electron chi connectivity index (χ0n) is 9.28. The van der Waals surface area contributed by atoms with Crippen molar-refractivity contribution in [3.8, 4) is 0 Å². The van der Waals surface area contributed by atoms with Crippen LogP contribution in [0.15, 0.2) is 0 Å². The van der Waals surface area contributed by atoms with Gasteiger partial charge in [-0.1, -0.05) is 0 Å². The summed E-state index contributed by atoms with van der Waals surface area (Å²) < 4.78 is 0. The zero-order valence-corrected chi connectivity index (χ0v) is 9.28. The van der Waals surface area contributed by atoms with Crippen molar-refractivity contribution in [3.05, 3.63) is 0 Å². The SMILES string of the molecule is CN(C)CCCCNC(C)(C)C. The summed E-state index contributed by atoms with van der Waals surface area (Å²) in [7, 11) is 4.24. The Labute approximate surface area is 77.3 Å². The normalized spacial score (nSPS) is 12.5. The summed E-state index contributed by atoms with van der Waals surface area (Å²) in [6.45, 7) is 8.96. The molecule has 1 N–H and O–H groups in total. The Kier molecular flexibility index (Phi) is 5.51. The van der Waals surface area contributed by atoms with Crippen molar-refractivity contribution in [2.45, 2.75) is 39.2 Å². The molecule has 0 saturated carbocycles.